The Kier molecular flexibility index (Phi) is 4.49. The number of carbonyl (C=O) groups is 1. The first-order valence-corrected chi connectivity index (χ1v) is 3.91. The first-order valence-electron chi connectivity index (χ1n) is 3.91. The molecule has 0 amide bonds. The molecule has 0 aromatic heterocycles. The highest BCUT2D eigenvalue weighted by Gasteiger charge is 2.14. The zero-order valence-corrected chi connectivity index (χ0v) is 8.47. The molecule has 1 aromatic rings. The molecule has 3 heteroatoms. The van der Waals surface area contributed by atoms with Crippen molar-refractivity contribution >= 4 is 18.4 Å². The van der Waals surface area contributed by atoms with Crippen molar-refractivity contribution in [3.8, 4) is 0 Å². The molecule has 0 heterocycles. The number of carboxylic acids is 1. The molecular weight excluding hydrogens is 188 g/mol. The first kappa shape index (κ1) is 12.0. The Bertz CT molecular complexity index is 297. The normalized spacial score (nSPS) is 11.5. The monoisotopic (exact) mass is 200 g/mol. The number of rotatable bonds is 2. The van der Waals surface area contributed by atoms with Crippen molar-refractivity contribution in [3.05, 3.63) is 35.4 Å². The molecule has 0 radical (unpaired) electrons. The average molecular weight is 201 g/mol. The fourth-order valence-corrected chi connectivity index (χ4v) is 1.21. The van der Waals surface area contributed by atoms with Crippen molar-refractivity contribution in [3.63, 3.8) is 0 Å². The zero-order valence-electron chi connectivity index (χ0n) is 7.65. The van der Waals surface area contributed by atoms with Crippen LogP contribution >= 0.6 is 12.4 Å². The summed E-state index contributed by atoms with van der Waals surface area (Å²) >= 11 is 0. The van der Waals surface area contributed by atoms with E-state index in [2.05, 4.69) is 0 Å². The predicted octanol–water partition coefficient (Wildman–Crippen LogP) is 2.60. The van der Waals surface area contributed by atoms with E-state index in [4.69, 9.17) is 5.11 Å². The van der Waals surface area contributed by atoms with Crippen molar-refractivity contribution in [2.45, 2.75) is 19.8 Å². The minimum absolute atomic E-state index is 0. The molecule has 0 bridgehead atoms. The van der Waals surface area contributed by atoms with Crippen molar-refractivity contribution in [1.29, 1.82) is 0 Å². The Balaban J connectivity index is 0.00000144. The molecule has 1 atom stereocenters. The van der Waals surface area contributed by atoms with Crippen LogP contribution in [-0.2, 0) is 4.79 Å². The van der Waals surface area contributed by atoms with Crippen LogP contribution in [0, 0.1) is 6.92 Å². The highest BCUT2D eigenvalue weighted by molar-refractivity contribution is 5.85. The maximum Gasteiger partial charge on any atom is 0.310 e. The SMILES string of the molecule is Cc1ccccc1C(C)C(=O)O.Cl. The van der Waals surface area contributed by atoms with Gasteiger partial charge < -0.3 is 5.11 Å². The van der Waals surface area contributed by atoms with Gasteiger partial charge in [0.2, 0.25) is 0 Å². The maximum atomic E-state index is 10.7. The van der Waals surface area contributed by atoms with Crippen LogP contribution in [0.4, 0.5) is 0 Å². The summed E-state index contributed by atoms with van der Waals surface area (Å²) < 4.78 is 0. The number of benzene rings is 1. The topological polar surface area (TPSA) is 37.3 Å². The Morgan fingerprint density at radius 1 is 1.38 bits per heavy atom. The molecule has 0 fully saturated rings. The van der Waals surface area contributed by atoms with Crippen LogP contribution in [0.2, 0.25) is 0 Å². The Morgan fingerprint density at radius 2 is 1.92 bits per heavy atom. The fourth-order valence-electron chi connectivity index (χ4n) is 1.21. The molecule has 1 N–H and O–H groups in total. The summed E-state index contributed by atoms with van der Waals surface area (Å²) in [7, 11) is 0. The quantitative estimate of drug-likeness (QED) is 0.797. The maximum absolute atomic E-state index is 10.7. The van der Waals surface area contributed by atoms with Crippen LogP contribution < -0.4 is 0 Å². The van der Waals surface area contributed by atoms with Crippen LogP contribution in [-0.4, -0.2) is 11.1 Å². The van der Waals surface area contributed by atoms with Gasteiger partial charge in [-0.15, -0.1) is 12.4 Å². The van der Waals surface area contributed by atoms with Gasteiger partial charge in [-0.1, -0.05) is 24.3 Å². The molecule has 13 heavy (non-hydrogen) atoms. The molecule has 0 spiro atoms. The van der Waals surface area contributed by atoms with Gasteiger partial charge in [-0.05, 0) is 25.0 Å². The number of aliphatic carboxylic acids is 1. The smallest absolute Gasteiger partial charge is 0.310 e. The lowest BCUT2D eigenvalue weighted by Crippen LogP contribution is -2.08. The predicted molar refractivity (Wildman–Crippen MR) is 54.5 cm³/mol. The summed E-state index contributed by atoms with van der Waals surface area (Å²) in [6.07, 6.45) is 0. The Hall–Kier alpha value is -1.02. The molecule has 72 valence electrons. The summed E-state index contributed by atoms with van der Waals surface area (Å²) in [4.78, 5) is 10.7. The summed E-state index contributed by atoms with van der Waals surface area (Å²) in [6.45, 7) is 3.62. The van der Waals surface area contributed by atoms with Gasteiger partial charge in [-0.25, -0.2) is 0 Å². The largest absolute Gasteiger partial charge is 0.481 e. The van der Waals surface area contributed by atoms with E-state index in [9.17, 15) is 4.79 Å². The summed E-state index contributed by atoms with van der Waals surface area (Å²) in [6, 6.07) is 7.55. The third-order valence-electron chi connectivity index (χ3n) is 2.03. The van der Waals surface area contributed by atoms with Crippen LogP contribution in [0.1, 0.15) is 24.0 Å². The highest BCUT2D eigenvalue weighted by atomic mass is 35.5. The molecule has 0 saturated carbocycles. The summed E-state index contributed by atoms with van der Waals surface area (Å²) in [5.74, 6) is -1.18. The van der Waals surface area contributed by atoms with E-state index in [0.29, 0.717) is 0 Å². The van der Waals surface area contributed by atoms with Gasteiger partial charge in [-0.3, -0.25) is 4.79 Å². The van der Waals surface area contributed by atoms with Gasteiger partial charge in [0.1, 0.15) is 0 Å². The molecule has 1 rings (SSSR count). The first-order chi connectivity index (χ1) is 5.63. The van der Waals surface area contributed by atoms with Crippen LogP contribution in [0.15, 0.2) is 24.3 Å². The van der Waals surface area contributed by atoms with Crippen LogP contribution in [0.25, 0.3) is 0 Å². The Labute approximate surface area is 84.0 Å². The lowest BCUT2D eigenvalue weighted by atomic mass is 9.97. The number of hydrogen-bond donors (Lipinski definition) is 1. The van der Waals surface area contributed by atoms with Crippen molar-refractivity contribution in [1.82, 2.24) is 0 Å². The lowest BCUT2D eigenvalue weighted by Gasteiger charge is -2.08. The summed E-state index contributed by atoms with van der Waals surface area (Å²) in [5.41, 5.74) is 1.93. The summed E-state index contributed by atoms with van der Waals surface area (Å²) in [5, 5.41) is 8.76. The molecule has 1 aromatic carbocycles. The highest BCUT2D eigenvalue weighted by Crippen LogP contribution is 2.18. The van der Waals surface area contributed by atoms with E-state index < -0.39 is 11.9 Å². The van der Waals surface area contributed by atoms with Gasteiger partial charge in [0.15, 0.2) is 0 Å². The molecule has 2 nitrogen and oxygen atoms in total. The molecule has 0 saturated heterocycles. The second kappa shape index (κ2) is 4.87. The van der Waals surface area contributed by atoms with E-state index in [-0.39, 0.29) is 12.4 Å². The molecule has 1 unspecified atom stereocenters. The fraction of sp³-hybridized carbons (Fsp3) is 0.300. The minimum Gasteiger partial charge on any atom is -0.481 e. The van der Waals surface area contributed by atoms with Gasteiger partial charge in [-0.2, -0.15) is 0 Å². The van der Waals surface area contributed by atoms with Gasteiger partial charge in [0, 0.05) is 0 Å². The molecule has 0 aliphatic heterocycles. The second-order valence-electron chi connectivity index (χ2n) is 2.92. The van der Waals surface area contributed by atoms with E-state index in [1.807, 2.05) is 31.2 Å². The van der Waals surface area contributed by atoms with Crippen LogP contribution in [0.3, 0.4) is 0 Å². The Morgan fingerprint density at radius 3 is 2.38 bits per heavy atom. The zero-order chi connectivity index (χ0) is 9.14. The van der Waals surface area contributed by atoms with Gasteiger partial charge in [0.25, 0.3) is 0 Å². The van der Waals surface area contributed by atoms with Crippen molar-refractivity contribution < 1.29 is 9.90 Å². The average Bonchev–Trinajstić information content (AvgIpc) is 2.04. The van der Waals surface area contributed by atoms with Crippen molar-refractivity contribution in [2.24, 2.45) is 0 Å². The van der Waals surface area contributed by atoms with E-state index in [1.165, 1.54) is 0 Å². The molecule has 0 aliphatic rings. The number of hydrogen-bond acceptors (Lipinski definition) is 1. The third-order valence-corrected chi connectivity index (χ3v) is 2.03. The van der Waals surface area contributed by atoms with E-state index >= 15 is 0 Å². The van der Waals surface area contributed by atoms with E-state index in [1.54, 1.807) is 6.92 Å². The van der Waals surface area contributed by atoms with E-state index in [0.717, 1.165) is 11.1 Å². The van der Waals surface area contributed by atoms with Crippen molar-refractivity contribution in [2.75, 3.05) is 0 Å². The van der Waals surface area contributed by atoms with Gasteiger partial charge in [0.05, 0.1) is 5.92 Å². The second-order valence-corrected chi connectivity index (χ2v) is 2.92. The number of aryl methyl sites for hydroxylation is 1. The molecule has 0 aliphatic carbocycles. The standard InChI is InChI=1S/C10H12O2.ClH/c1-7-5-3-4-6-9(7)8(2)10(11)12;/h3-6,8H,1-2H3,(H,11,12);1H. The van der Waals surface area contributed by atoms with Gasteiger partial charge >= 0.3 is 5.97 Å². The number of halogens is 1. The lowest BCUT2D eigenvalue weighted by molar-refractivity contribution is -0.138. The molecular formula is C10H13ClO2. The minimum atomic E-state index is -0.774. The number of carboxylic acid groups (broad SMARTS) is 1. The van der Waals surface area contributed by atoms with Crippen LogP contribution in [0.5, 0.6) is 0 Å². The third kappa shape index (κ3) is 2.74.